The highest BCUT2D eigenvalue weighted by molar-refractivity contribution is 5.71. The monoisotopic (exact) mass is 451 g/mol. The number of carbonyl (C=O) groups is 1. The van der Waals surface area contributed by atoms with E-state index >= 15 is 0 Å². The second-order valence-electron chi connectivity index (χ2n) is 8.36. The van der Waals surface area contributed by atoms with Crippen LogP contribution >= 0.6 is 0 Å². The molecule has 0 aliphatic rings. The van der Waals surface area contributed by atoms with Crippen LogP contribution in [0.25, 0.3) is 0 Å². The topological polar surface area (TPSA) is 86.5 Å². The number of hydrogen-bond acceptors (Lipinski definition) is 5. The summed E-state index contributed by atoms with van der Waals surface area (Å²) in [5.41, 5.74) is 5.17. The van der Waals surface area contributed by atoms with Crippen LogP contribution in [-0.2, 0) is 35.7 Å². The first kappa shape index (κ1) is 24.5. The van der Waals surface area contributed by atoms with Crippen molar-refractivity contribution in [3.05, 3.63) is 76.6 Å². The van der Waals surface area contributed by atoms with Crippen molar-refractivity contribution in [1.29, 1.82) is 0 Å². The summed E-state index contributed by atoms with van der Waals surface area (Å²) in [6, 6.07) is 14.0. The minimum absolute atomic E-state index is 0.129. The van der Waals surface area contributed by atoms with Crippen molar-refractivity contribution in [2.45, 2.75) is 59.3 Å². The molecule has 1 heterocycles. The number of methoxy groups -OCH3 is 1. The maximum atomic E-state index is 11.8. The highest BCUT2D eigenvalue weighted by atomic mass is 16.5. The zero-order chi connectivity index (χ0) is 23.8. The number of ether oxygens (including phenoxy) is 2. The van der Waals surface area contributed by atoms with E-state index in [1.54, 1.807) is 18.7 Å². The first-order valence-electron chi connectivity index (χ1n) is 11.3. The van der Waals surface area contributed by atoms with Crippen molar-refractivity contribution in [2.24, 2.45) is 5.92 Å². The summed E-state index contributed by atoms with van der Waals surface area (Å²) in [5.74, 6) is -0.620. The van der Waals surface area contributed by atoms with E-state index in [4.69, 9.17) is 9.47 Å². The molecule has 2 atom stereocenters. The highest BCUT2D eigenvalue weighted by Gasteiger charge is 2.26. The molecular weight excluding hydrogens is 418 g/mol. The lowest BCUT2D eigenvalue weighted by molar-refractivity contribution is -0.142. The molecule has 0 aliphatic heterocycles. The number of benzene rings is 2. The van der Waals surface area contributed by atoms with E-state index in [1.807, 2.05) is 43.5 Å². The van der Waals surface area contributed by atoms with E-state index in [0.717, 1.165) is 40.2 Å². The Morgan fingerprint density at radius 2 is 1.91 bits per heavy atom. The van der Waals surface area contributed by atoms with Crippen molar-refractivity contribution in [1.82, 2.24) is 15.0 Å². The molecule has 0 saturated heterocycles. The van der Waals surface area contributed by atoms with Crippen molar-refractivity contribution in [3.8, 4) is 5.75 Å². The fraction of sp³-hybridized carbons (Fsp3) is 0.423. The van der Waals surface area contributed by atoms with Crippen molar-refractivity contribution in [3.63, 3.8) is 0 Å². The summed E-state index contributed by atoms with van der Waals surface area (Å²) in [4.78, 5) is 11.8. The van der Waals surface area contributed by atoms with Crippen LogP contribution in [0, 0.1) is 12.8 Å². The molecule has 0 aliphatic carbocycles. The standard InChI is InChI=1S/C26H33N3O4/c1-5-29-15-23(27-28-29)10-13-25(19(3)26(30)31)21-9-6-18(2)22(14-21)17-33-16-20-7-11-24(32-4)12-8-20/h6-9,11-12,14-15,19,25H,5,10,13,16-17H2,1-4H3,(H,30,31). The number of rotatable bonds is 12. The van der Waals surface area contributed by atoms with Gasteiger partial charge in [-0.2, -0.15) is 0 Å². The van der Waals surface area contributed by atoms with Crippen LogP contribution in [-0.4, -0.2) is 33.2 Å². The van der Waals surface area contributed by atoms with Crippen LogP contribution in [0.15, 0.2) is 48.7 Å². The van der Waals surface area contributed by atoms with Gasteiger partial charge in [-0.15, -0.1) is 5.10 Å². The zero-order valence-corrected chi connectivity index (χ0v) is 19.8. The Morgan fingerprint density at radius 3 is 2.55 bits per heavy atom. The van der Waals surface area contributed by atoms with Gasteiger partial charge in [0.1, 0.15) is 5.75 Å². The number of nitrogens with zero attached hydrogens (tertiary/aromatic N) is 3. The summed E-state index contributed by atoms with van der Waals surface area (Å²) in [6.45, 7) is 7.56. The number of carboxylic acid groups (broad SMARTS) is 1. The fourth-order valence-electron chi connectivity index (χ4n) is 3.87. The van der Waals surface area contributed by atoms with E-state index in [0.29, 0.717) is 26.1 Å². The minimum atomic E-state index is -0.796. The molecule has 0 fully saturated rings. The van der Waals surface area contributed by atoms with Crippen LogP contribution in [0.3, 0.4) is 0 Å². The molecule has 7 heteroatoms. The van der Waals surface area contributed by atoms with Crippen molar-refractivity contribution in [2.75, 3.05) is 7.11 Å². The highest BCUT2D eigenvalue weighted by Crippen LogP contribution is 2.31. The van der Waals surface area contributed by atoms with Crippen LogP contribution in [0.1, 0.15) is 54.1 Å². The van der Waals surface area contributed by atoms with Gasteiger partial charge in [0.2, 0.25) is 0 Å². The normalized spacial score (nSPS) is 13.0. The molecular formula is C26H33N3O4. The molecule has 2 aromatic carbocycles. The molecule has 2 unspecified atom stereocenters. The average Bonchev–Trinajstić information content (AvgIpc) is 3.29. The molecule has 7 nitrogen and oxygen atoms in total. The molecule has 1 aromatic heterocycles. The van der Waals surface area contributed by atoms with Gasteiger partial charge < -0.3 is 14.6 Å². The van der Waals surface area contributed by atoms with E-state index in [1.165, 1.54) is 0 Å². The van der Waals surface area contributed by atoms with E-state index in [-0.39, 0.29) is 5.92 Å². The molecule has 3 aromatic rings. The van der Waals surface area contributed by atoms with Gasteiger partial charge in [-0.05, 0) is 67.0 Å². The Kier molecular flexibility index (Phi) is 8.60. The third-order valence-corrected chi connectivity index (χ3v) is 6.10. The predicted molar refractivity (Wildman–Crippen MR) is 126 cm³/mol. The third-order valence-electron chi connectivity index (χ3n) is 6.10. The molecule has 0 amide bonds. The second kappa shape index (κ2) is 11.6. The molecule has 0 saturated carbocycles. The maximum absolute atomic E-state index is 11.8. The number of aryl methyl sites for hydroxylation is 3. The lowest BCUT2D eigenvalue weighted by Crippen LogP contribution is -2.20. The fourth-order valence-corrected chi connectivity index (χ4v) is 3.87. The summed E-state index contributed by atoms with van der Waals surface area (Å²) in [5, 5.41) is 18.0. The first-order valence-corrected chi connectivity index (χ1v) is 11.3. The molecule has 1 N–H and O–H groups in total. The minimum Gasteiger partial charge on any atom is -0.497 e. The molecule has 33 heavy (non-hydrogen) atoms. The van der Waals surface area contributed by atoms with Gasteiger partial charge in [-0.1, -0.05) is 42.5 Å². The van der Waals surface area contributed by atoms with Gasteiger partial charge in [0.25, 0.3) is 0 Å². The summed E-state index contributed by atoms with van der Waals surface area (Å²) in [7, 11) is 1.65. The Bertz CT molecular complexity index is 1050. The molecule has 0 radical (unpaired) electrons. The van der Waals surface area contributed by atoms with Crippen LogP contribution in [0.5, 0.6) is 5.75 Å². The van der Waals surface area contributed by atoms with Gasteiger partial charge in [-0.3, -0.25) is 9.48 Å². The van der Waals surface area contributed by atoms with E-state index < -0.39 is 11.9 Å². The number of carboxylic acids is 1. The number of hydrogen-bond donors (Lipinski definition) is 1. The van der Waals surface area contributed by atoms with E-state index in [9.17, 15) is 9.90 Å². The Labute approximate surface area is 195 Å². The Balaban J connectivity index is 1.70. The Hall–Kier alpha value is -3.19. The zero-order valence-electron chi connectivity index (χ0n) is 19.8. The predicted octanol–water partition coefficient (Wildman–Crippen LogP) is 4.77. The van der Waals surface area contributed by atoms with Crippen LogP contribution in [0.2, 0.25) is 0 Å². The van der Waals surface area contributed by atoms with Gasteiger partial charge >= 0.3 is 5.97 Å². The van der Waals surface area contributed by atoms with Gasteiger partial charge in [-0.25, -0.2) is 0 Å². The van der Waals surface area contributed by atoms with E-state index in [2.05, 4.69) is 29.4 Å². The largest absolute Gasteiger partial charge is 0.497 e. The summed E-state index contributed by atoms with van der Waals surface area (Å²) in [6.07, 6.45) is 3.29. The molecule has 3 rings (SSSR count). The SMILES string of the molecule is CCn1cc(CCC(c2ccc(C)c(COCc3ccc(OC)cc3)c2)C(C)C(=O)O)nn1. The van der Waals surface area contributed by atoms with Crippen molar-refractivity contribution < 1.29 is 19.4 Å². The second-order valence-corrected chi connectivity index (χ2v) is 8.36. The third kappa shape index (κ3) is 6.65. The number of aliphatic carboxylic acids is 1. The maximum Gasteiger partial charge on any atom is 0.306 e. The Morgan fingerprint density at radius 1 is 1.15 bits per heavy atom. The number of aromatic nitrogens is 3. The lowest BCUT2D eigenvalue weighted by atomic mass is 9.82. The smallest absolute Gasteiger partial charge is 0.306 e. The van der Waals surface area contributed by atoms with Crippen LogP contribution in [0.4, 0.5) is 0 Å². The van der Waals surface area contributed by atoms with Gasteiger partial charge in [0.05, 0.1) is 31.9 Å². The van der Waals surface area contributed by atoms with Crippen molar-refractivity contribution >= 4 is 5.97 Å². The lowest BCUT2D eigenvalue weighted by Gasteiger charge is -2.22. The van der Waals surface area contributed by atoms with Gasteiger partial charge in [0.15, 0.2) is 0 Å². The first-order chi connectivity index (χ1) is 15.9. The summed E-state index contributed by atoms with van der Waals surface area (Å²) < 4.78 is 12.9. The molecule has 176 valence electrons. The summed E-state index contributed by atoms with van der Waals surface area (Å²) >= 11 is 0. The molecule has 0 spiro atoms. The average molecular weight is 452 g/mol. The molecule has 0 bridgehead atoms. The van der Waals surface area contributed by atoms with Crippen LogP contribution < -0.4 is 4.74 Å². The quantitative estimate of drug-likeness (QED) is 0.427. The van der Waals surface area contributed by atoms with Gasteiger partial charge in [0, 0.05) is 12.7 Å².